The summed E-state index contributed by atoms with van der Waals surface area (Å²) in [5, 5.41) is 0. The van der Waals surface area contributed by atoms with Crippen molar-refractivity contribution in [3.8, 4) is 11.3 Å². The highest BCUT2D eigenvalue weighted by Crippen LogP contribution is 2.35. The molecule has 1 heterocycles. The highest BCUT2D eigenvalue weighted by atomic mass is 19.4. The maximum Gasteiger partial charge on any atom is 0.418 e. The largest absolute Gasteiger partial charge is 0.418 e. The van der Waals surface area contributed by atoms with Crippen LogP contribution in [0.2, 0.25) is 0 Å². The Balaban J connectivity index is 2.18. The Bertz CT molecular complexity index is 604. The molecule has 2 aromatic rings. The number of aromatic nitrogens is 1. The summed E-state index contributed by atoms with van der Waals surface area (Å²) in [4.78, 5) is 6.01. The molecule has 0 unspecified atom stereocenters. The van der Waals surface area contributed by atoms with Gasteiger partial charge in [0.25, 0.3) is 0 Å². The van der Waals surface area contributed by atoms with Crippen LogP contribution in [0.15, 0.2) is 42.6 Å². The first-order valence-corrected chi connectivity index (χ1v) is 7.14. The summed E-state index contributed by atoms with van der Waals surface area (Å²) >= 11 is 0. The minimum Gasteiger partial charge on any atom is -0.309 e. The fourth-order valence-electron chi connectivity index (χ4n) is 2.29. The lowest BCUT2D eigenvalue weighted by molar-refractivity contribution is -0.137. The number of rotatable bonds is 5. The van der Waals surface area contributed by atoms with Crippen LogP contribution in [0.1, 0.15) is 17.5 Å². The Morgan fingerprint density at radius 1 is 1.05 bits per heavy atom. The predicted molar refractivity (Wildman–Crippen MR) is 81.6 cm³/mol. The molecule has 1 aromatic carbocycles. The van der Waals surface area contributed by atoms with Crippen LogP contribution in [0, 0.1) is 0 Å². The van der Waals surface area contributed by atoms with Crippen LogP contribution in [0.4, 0.5) is 13.2 Å². The molecule has 0 atom stereocenters. The van der Waals surface area contributed by atoms with E-state index in [9.17, 15) is 13.2 Å². The van der Waals surface area contributed by atoms with Crippen LogP contribution in [0.25, 0.3) is 11.3 Å². The van der Waals surface area contributed by atoms with Gasteiger partial charge in [0.2, 0.25) is 0 Å². The van der Waals surface area contributed by atoms with Crippen molar-refractivity contribution in [2.24, 2.45) is 0 Å². The fourth-order valence-corrected chi connectivity index (χ4v) is 2.29. The van der Waals surface area contributed by atoms with Crippen molar-refractivity contribution in [1.82, 2.24) is 9.88 Å². The maximum absolute atomic E-state index is 13.0. The summed E-state index contributed by atoms with van der Waals surface area (Å²) in [6.45, 7) is 0.986. The van der Waals surface area contributed by atoms with E-state index in [0.29, 0.717) is 5.56 Å². The smallest absolute Gasteiger partial charge is 0.309 e. The third kappa shape index (κ3) is 4.31. The Labute approximate surface area is 128 Å². The number of aryl methyl sites for hydroxylation is 1. The van der Waals surface area contributed by atoms with Crippen molar-refractivity contribution in [2.75, 3.05) is 20.6 Å². The van der Waals surface area contributed by atoms with E-state index in [4.69, 9.17) is 0 Å². The Hall–Kier alpha value is -1.88. The zero-order valence-electron chi connectivity index (χ0n) is 12.7. The molecule has 0 spiro atoms. The molecule has 0 aliphatic heterocycles. The van der Waals surface area contributed by atoms with Crippen molar-refractivity contribution >= 4 is 0 Å². The van der Waals surface area contributed by atoms with Gasteiger partial charge in [-0.3, -0.25) is 4.98 Å². The first kappa shape index (κ1) is 16.5. The van der Waals surface area contributed by atoms with Gasteiger partial charge in [0.05, 0.1) is 11.3 Å². The molecule has 0 aliphatic rings. The van der Waals surface area contributed by atoms with Crippen LogP contribution in [-0.2, 0) is 12.6 Å². The van der Waals surface area contributed by atoms with Crippen LogP contribution >= 0.6 is 0 Å². The maximum atomic E-state index is 13.0. The predicted octanol–water partition coefficient (Wildman–Crippen LogP) is 4.26. The number of hydrogen-bond donors (Lipinski definition) is 0. The first-order valence-electron chi connectivity index (χ1n) is 7.14. The Morgan fingerprint density at radius 2 is 1.73 bits per heavy atom. The van der Waals surface area contributed by atoms with Gasteiger partial charge in [0, 0.05) is 11.8 Å². The van der Waals surface area contributed by atoms with Gasteiger partial charge in [-0.2, -0.15) is 13.2 Å². The fraction of sp³-hybridized carbons (Fsp3) is 0.353. The molecule has 5 heteroatoms. The second-order valence-electron chi connectivity index (χ2n) is 5.50. The first-order chi connectivity index (χ1) is 10.4. The van der Waals surface area contributed by atoms with Crippen LogP contribution in [0.3, 0.4) is 0 Å². The highest BCUT2D eigenvalue weighted by molar-refractivity contribution is 5.63. The van der Waals surface area contributed by atoms with E-state index in [1.54, 1.807) is 12.1 Å². The number of alkyl halides is 3. The third-order valence-corrected chi connectivity index (χ3v) is 3.41. The number of pyridine rings is 1. The topological polar surface area (TPSA) is 16.1 Å². The van der Waals surface area contributed by atoms with E-state index >= 15 is 0 Å². The monoisotopic (exact) mass is 308 g/mol. The van der Waals surface area contributed by atoms with Gasteiger partial charge in [0.15, 0.2) is 0 Å². The Kier molecular flexibility index (Phi) is 5.19. The van der Waals surface area contributed by atoms with Crippen LogP contribution in [-0.4, -0.2) is 30.5 Å². The number of halogens is 3. The molecule has 118 valence electrons. The number of hydrogen-bond acceptors (Lipinski definition) is 2. The SMILES string of the molecule is CN(C)CCCc1ccc(-c2ncccc2C(F)(F)F)cc1. The summed E-state index contributed by atoms with van der Waals surface area (Å²) in [6.07, 6.45) is -1.08. The van der Waals surface area contributed by atoms with Crippen molar-refractivity contribution in [3.05, 3.63) is 53.7 Å². The second-order valence-corrected chi connectivity index (χ2v) is 5.50. The lowest BCUT2D eigenvalue weighted by Crippen LogP contribution is -2.13. The van der Waals surface area contributed by atoms with Gasteiger partial charge in [-0.1, -0.05) is 24.3 Å². The zero-order valence-corrected chi connectivity index (χ0v) is 12.7. The van der Waals surface area contributed by atoms with Crippen LogP contribution in [0.5, 0.6) is 0 Å². The van der Waals surface area contributed by atoms with Gasteiger partial charge >= 0.3 is 6.18 Å². The molecular weight excluding hydrogens is 289 g/mol. The number of nitrogens with zero attached hydrogens (tertiary/aromatic N) is 2. The second kappa shape index (κ2) is 6.92. The average molecular weight is 308 g/mol. The minimum atomic E-state index is -4.39. The minimum absolute atomic E-state index is 0.0187. The summed E-state index contributed by atoms with van der Waals surface area (Å²) < 4.78 is 39.0. The molecule has 22 heavy (non-hydrogen) atoms. The van der Waals surface area contributed by atoms with E-state index in [-0.39, 0.29) is 5.69 Å². The standard InChI is InChI=1S/C17H19F3N2/c1-22(2)12-4-5-13-7-9-14(10-8-13)16-15(17(18,19)20)6-3-11-21-16/h3,6-11H,4-5,12H2,1-2H3. The van der Waals surface area contributed by atoms with Gasteiger partial charge in [-0.25, -0.2) is 0 Å². The summed E-state index contributed by atoms with van der Waals surface area (Å²) in [7, 11) is 4.03. The number of benzene rings is 1. The molecule has 2 rings (SSSR count). The molecule has 0 bridgehead atoms. The Morgan fingerprint density at radius 3 is 2.32 bits per heavy atom. The summed E-state index contributed by atoms with van der Waals surface area (Å²) in [6, 6.07) is 9.54. The van der Waals surface area contributed by atoms with Crippen molar-refractivity contribution in [3.63, 3.8) is 0 Å². The molecule has 0 saturated carbocycles. The van der Waals surface area contributed by atoms with E-state index in [1.165, 1.54) is 12.3 Å². The molecule has 0 amide bonds. The van der Waals surface area contributed by atoms with E-state index in [0.717, 1.165) is 31.0 Å². The van der Waals surface area contributed by atoms with Gasteiger partial charge in [-0.15, -0.1) is 0 Å². The molecule has 1 aromatic heterocycles. The van der Waals surface area contributed by atoms with E-state index < -0.39 is 11.7 Å². The lowest BCUT2D eigenvalue weighted by Gasteiger charge is -2.12. The van der Waals surface area contributed by atoms with Crippen molar-refractivity contribution < 1.29 is 13.2 Å². The quantitative estimate of drug-likeness (QED) is 0.820. The molecule has 0 fully saturated rings. The van der Waals surface area contributed by atoms with Gasteiger partial charge in [0.1, 0.15) is 0 Å². The lowest BCUT2D eigenvalue weighted by atomic mass is 10.0. The third-order valence-electron chi connectivity index (χ3n) is 3.41. The molecule has 0 radical (unpaired) electrons. The van der Waals surface area contributed by atoms with Crippen molar-refractivity contribution in [1.29, 1.82) is 0 Å². The summed E-state index contributed by atoms with van der Waals surface area (Å²) in [5.74, 6) is 0. The average Bonchev–Trinajstić information content (AvgIpc) is 2.47. The van der Waals surface area contributed by atoms with Gasteiger partial charge in [-0.05, 0) is 51.2 Å². The van der Waals surface area contributed by atoms with E-state index in [2.05, 4.69) is 9.88 Å². The zero-order chi connectivity index (χ0) is 16.2. The summed E-state index contributed by atoms with van der Waals surface area (Å²) in [5.41, 5.74) is 0.893. The van der Waals surface area contributed by atoms with Gasteiger partial charge < -0.3 is 4.90 Å². The van der Waals surface area contributed by atoms with E-state index in [1.807, 2.05) is 26.2 Å². The normalized spacial score (nSPS) is 11.9. The molecule has 0 N–H and O–H groups in total. The molecule has 0 saturated heterocycles. The highest BCUT2D eigenvalue weighted by Gasteiger charge is 2.34. The molecule has 2 nitrogen and oxygen atoms in total. The van der Waals surface area contributed by atoms with Crippen molar-refractivity contribution in [2.45, 2.75) is 19.0 Å². The van der Waals surface area contributed by atoms with Crippen LogP contribution < -0.4 is 0 Å². The molecular formula is C17H19F3N2. The molecule has 0 aliphatic carbocycles.